The van der Waals surface area contributed by atoms with Crippen molar-refractivity contribution in [3.05, 3.63) is 0 Å². The third kappa shape index (κ3) is 6.13. The van der Waals surface area contributed by atoms with Crippen LogP contribution in [0.3, 0.4) is 0 Å². The molecule has 3 N–H and O–H groups in total. The molecule has 0 aromatic carbocycles. The molecule has 3 nitrogen and oxygen atoms in total. The summed E-state index contributed by atoms with van der Waals surface area (Å²) in [4.78, 5) is 2.40. The highest BCUT2D eigenvalue weighted by molar-refractivity contribution is 4.80. The first kappa shape index (κ1) is 14.9. The molecule has 0 saturated carbocycles. The summed E-state index contributed by atoms with van der Waals surface area (Å²) in [5.41, 5.74) is 4.80. The van der Waals surface area contributed by atoms with Crippen LogP contribution in [0.15, 0.2) is 0 Å². The minimum absolute atomic E-state index is 0.330. The Hall–Kier alpha value is -0.120. The maximum absolute atomic E-state index is 9.92. The Bertz CT molecular complexity index is 169. The first-order chi connectivity index (χ1) is 6.82. The highest BCUT2D eigenvalue weighted by atomic mass is 16.3. The lowest BCUT2D eigenvalue weighted by atomic mass is 9.96. The second-order valence-electron chi connectivity index (χ2n) is 5.24. The van der Waals surface area contributed by atoms with Crippen LogP contribution in [0.5, 0.6) is 0 Å². The van der Waals surface area contributed by atoms with Gasteiger partial charge in [0.05, 0.1) is 5.60 Å². The molecular weight excluding hydrogens is 188 g/mol. The Balaban J connectivity index is 4.20. The zero-order valence-electron chi connectivity index (χ0n) is 11.0. The van der Waals surface area contributed by atoms with Gasteiger partial charge in [0, 0.05) is 19.1 Å². The zero-order chi connectivity index (χ0) is 12.1. The molecule has 2 unspecified atom stereocenters. The lowest BCUT2D eigenvalue weighted by Crippen LogP contribution is -2.44. The van der Waals surface area contributed by atoms with Crippen molar-refractivity contribution < 1.29 is 5.11 Å². The maximum atomic E-state index is 9.92. The highest BCUT2D eigenvalue weighted by Gasteiger charge is 2.24. The standard InChI is InChI=1S/C12H28N2O/c1-6-14(8-10(2)3)11(4)7-12(5,15)9-13/h10-11,15H,6-9,13H2,1-5H3. The molecule has 0 aromatic rings. The largest absolute Gasteiger partial charge is 0.389 e. The van der Waals surface area contributed by atoms with Gasteiger partial charge in [0.15, 0.2) is 0 Å². The fraction of sp³-hybridized carbons (Fsp3) is 1.00. The summed E-state index contributed by atoms with van der Waals surface area (Å²) < 4.78 is 0. The molecule has 92 valence electrons. The van der Waals surface area contributed by atoms with Crippen LogP contribution in [0, 0.1) is 5.92 Å². The van der Waals surface area contributed by atoms with Gasteiger partial charge in [0.2, 0.25) is 0 Å². The van der Waals surface area contributed by atoms with Crippen LogP contribution in [0.2, 0.25) is 0 Å². The molecule has 0 aromatic heterocycles. The summed E-state index contributed by atoms with van der Waals surface area (Å²) in [6, 6.07) is 0.385. The summed E-state index contributed by atoms with van der Waals surface area (Å²) in [5, 5.41) is 9.92. The molecular formula is C12H28N2O. The lowest BCUT2D eigenvalue weighted by Gasteiger charge is -2.34. The van der Waals surface area contributed by atoms with Crippen LogP contribution >= 0.6 is 0 Å². The SMILES string of the molecule is CCN(CC(C)C)C(C)CC(C)(O)CN. The quantitative estimate of drug-likeness (QED) is 0.677. The van der Waals surface area contributed by atoms with E-state index in [9.17, 15) is 5.11 Å². The van der Waals surface area contributed by atoms with Crippen LogP contribution in [0.25, 0.3) is 0 Å². The van der Waals surface area contributed by atoms with Crippen LogP contribution in [0.4, 0.5) is 0 Å². The Morgan fingerprint density at radius 1 is 1.33 bits per heavy atom. The van der Waals surface area contributed by atoms with Crippen molar-refractivity contribution in [2.75, 3.05) is 19.6 Å². The third-order valence-electron chi connectivity index (χ3n) is 2.80. The fourth-order valence-corrected chi connectivity index (χ4v) is 1.94. The topological polar surface area (TPSA) is 49.5 Å². The average molecular weight is 216 g/mol. The van der Waals surface area contributed by atoms with Crippen LogP contribution < -0.4 is 5.73 Å². The van der Waals surface area contributed by atoms with E-state index >= 15 is 0 Å². The van der Waals surface area contributed by atoms with Gasteiger partial charge in [-0.3, -0.25) is 0 Å². The van der Waals surface area contributed by atoms with Crippen molar-refractivity contribution in [1.82, 2.24) is 4.90 Å². The van der Waals surface area contributed by atoms with Gasteiger partial charge in [-0.15, -0.1) is 0 Å². The molecule has 2 atom stereocenters. The molecule has 0 amide bonds. The van der Waals surface area contributed by atoms with E-state index < -0.39 is 5.60 Å². The van der Waals surface area contributed by atoms with E-state index in [0.29, 0.717) is 18.5 Å². The zero-order valence-corrected chi connectivity index (χ0v) is 11.0. The number of rotatable bonds is 7. The molecule has 0 aliphatic carbocycles. The predicted octanol–water partition coefficient (Wildman–Crippen LogP) is 1.45. The normalized spacial score (nSPS) is 18.2. The Morgan fingerprint density at radius 2 is 1.87 bits per heavy atom. The molecule has 0 saturated heterocycles. The summed E-state index contributed by atoms with van der Waals surface area (Å²) >= 11 is 0. The third-order valence-corrected chi connectivity index (χ3v) is 2.80. The maximum Gasteiger partial charge on any atom is 0.0756 e. The Kier molecular flexibility index (Phi) is 6.41. The first-order valence-electron chi connectivity index (χ1n) is 5.99. The van der Waals surface area contributed by atoms with E-state index in [0.717, 1.165) is 19.5 Å². The molecule has 0 fully saturated rings. The second-order valence-corrected chi connectivity index (χ2v) is 5.24. The van der Waals surface area contributed by atoms with Gasteiger partial charge in [0.25, 0.3) is 0 Å². The molecule has 0 heterocycles. The van der Waals surface area contributed by atoms with E-state index in [1.54, 1.807) is 0 Å². The molecule has 0 spiro atoms. The number of nitrogens with zero attached hydrogens (tertiary/aromatic N) is 1. The van der Waals surface area contributed by atoms with Crippen LogP contribution in [-0.4, -0.2) is 41.3 Å². The molecule has 15 heavy (non-hydrogen) atoms. The van der Waals surface area contributed by atoms with E-state index in [4.69, 9.17) is 5.73 Å². The van der Waals surface area contributed by atoms with Gasteiger partial charge in [-0.2, -0.15) is 0 Å². The molecule has 3 heteroatoms. The Labute approximate surface area is 94.6 Å². The smallest absolute Gasteiger partial charge is 0.0756 e. The molecule has 0 aliphatic heterocycles. The highest BCUT2D eigenvalue weighted by Crippen LogP contribution is 2.16. The second kappa shape index (κ2) is 6.46. The van der Waals surface area contributed by atoms with Crippen molar-refractivity contribution in [3.8, 4) is 0 Å². The van der Waals surface area contributed by atoms with E-state index in [1.165, 1.54) is 0 Å². The van der Waals surface area contributed by atoms with Crippen molar-refractivity contribution in [2.45, 2.75) is 52.7 Å². The Morgan fingerprint density at radius 3 is 2.20 bits per heavy atom. The summed E-state index contributed by atoms with van der Waals surface area (Å²) in [6.45, 7) is 13.0. The lowest BCUT2D eigenvalue weighted by molar-refractivity contribution is 0.0274. The summed E-state index contributed by atoms with van der Waals surface area (Å²) in [5.74, 6) is 0.662. The summed E-state index contributed by atoms with van der Waals surface area (Å²) in [6.07, 6.45) is 0.740. The number of aliphatic hydroxyl groups is 1. The molecule has 0 radical (unpaired) electrons. The first-order valence-corrected chi connectivity index (χ1v) is 5.99. The van der Waals surface area contributed by atoms with E-state index in [2.05, 4.69) is 32.6 Å². The van der Waals surface area contributed by atoms with E-state index in [-0.39, 0.29) is 0 Å². The number of hydrogen-bond acceptors (Lipinski definition) is 3. The van der Waals surface area contributed by atoms with Crippen molar-refractivity contribution in [3.63, 3.8) is 0 Å². The van der Waals surface area contributed by atoms with Crippen molar-refractivity contribution in [1.29, 1.82) is 0 Å². The average Bonchev–Trinajstić information content (AvgIpc) is 2.13. The van der Waals surface area contributed by atoms with Crippen LogP contribution in [-0.2, 0) is 0 Å². The van der Waals surface area contributed by atoms with Crippen molar-refractivity contribution >= 4 is 0 Å². The molecule has 0 bridgehead atoms. The van der Waals surface area contributed by atoms with Crippen LogP contribution in [0.1, 0.15) is 41.0 Å². The summed E-state index contributed by atoms with van der Waals surface area (Å²) in [7, 11) is 0. The van der Waals surface area contributed by atoms with Gasteiger partial charge in [-0.25, -0.2) is 0 Å². The van der Waals surface area contributed by atoms with Gasteiger partial charge >= 0.3 is 0 Å². The van der Waals surface area contributed by atoms with Gasteiger partial charge in [0.1, 0.15) is 0 Å². The monoisotopic (exact) mass is 216 g/mol. The minimum atomic E-state index is -0.732. The van der Waals surface area contributed by atoms with Gasteiger partial charge in [-0.05, 0) is 32.7 Å². The molecule has 0 aliphatic rings. The van der Waals surface area contributed by atoms with E-state index in [1.807, 2.05) is 6.92 Å². The minimum Gasteiger partial charge on any atom is -0.389 e. The van der Waals surface area contributed by atoms with Gasteiger partial charge < -0.3 is 15.7 Å². The predicted molar refractivity (Wildman–Crippen MR) is 65.8 cm³/mol. The van der Waals surface area contributed by atoms with Gasteiger partial charge in [-0.1, -0.05) is 20.8 Å². The molecule has 0 rings (SSSR count). The van der Waals surface area contributed by atoms with Crippen molar-refractivity contribution in [2.24, 2.45) is 11.7 Å². The fourth-order valence-electron chi connectivity index (χ4n) is 1.94. The number of nitrogens with two attached hydrogens (primary N) is 1. The number of hydrogen-bond donors (Lipinski definition) is 2.